The predicted octanol–water partition coefficient (Wildman–Crippen LogP) is 15.0. The fourth-order valence-electron chi connectivity index (χ4n) is 12.3. The van der Waals surface area contributed by atoms with Crippen molar-refractivity contribution in [2.45, 2.75) is 214 Å². The van der Waals surface area contributed by atoms with Crippen molar-refractivity contribution in [1.29, 1.82) is 0 Å². The molecule has 3 fully saturated rings. The van der Waals surface area contributed by atoms with Crippen molar-refractivity contribution in [1.82, 2.24) is 4.90 Å². The topological polar surface area (TPSA) is 30.9 Å². The largest absolute Gasteiger partial charge is 0.380 e. The van der Waals surface area contributed by atoms with Crippen molar-refractivity contribution in [3.8, 4) is 0 Å². The molecule has 4 rings (SSSR count). The van der Waals surface area contributed by atoms with Crippen molar-refractivity contribution >= 4 is 0 Å². The summed E-state index contributed by atoms with van der Waals surface area (Å²) in [6.07, 6.45) is 45.3. The highest BCUT2D eigenvalue weighted by molar-refractivity contribution is 5.25. The van der Waals surface area contributed by atoms with E-state index in [2.05, 4.69) is 90.9 Å². The Labute approximate surface area is 361 Å². The van der Waals surface area contributed by atoms with Crippen LogP contribution in [-0.2, 0) is 14.2 Å². The Bertz CT molecular complexity index is 1170. The third-order valence-electron chi connectivity index (χ3n) is 16.1. The first-order chi connectivity index (χ1) is 28.1. The number of fused-ring (bicyclic) bond motifs is 5. The van der Waals surface area contributed by atoms with Crippen LogP contribution >= 0.6 is 0 Å². The summed E-state index contributed by atoms with van der Waals surface area (Å²) < 4.78 is 18.8. The minimum atomic E-state index is 0.317. The Morgan fingerprint density at radius 2 is 1.36 bits per heavy atom. The first kappa shape index (κ1) is 49.7. The van der Waals surface area contributed by atoms with E-state index >= 15 is 0 Å². The molecule has 9 atom stereocenters. The van der Waals surface area contributed by atoms with Crippen molar-refractivity contribution in [3.05, 3.63) is 36.0 Å². The lowest BCUT2D eigenvalue weighted by Gasteiger charge is -2.58. The lowest BCUT2D eigenvalue weighted by Crippen LogP contribution is -2.51. The molecule has 0 radical (unpaired) electrons. The molecule has 0 aromatic carbocycles. The highest BCUT2D eigenvalue weighted by Crippen LogP contribution is 2.67. The van der Waals surface area contributed by atoms with Gasteiger partial charge >= 0.3 is 0 Å². The van der Waals surface area contributed by atoms with Crippen LogP contribution in [0.2, 0.25) is 0 Å². The number of ether oxygens (including phenoxy) is 3. The Morgan fingerprint density at radius 1 is 0.707 bits per heavy atom. The second kappa shape index (κ2) is 27.2. The molecule has 0 saturated heterocycles. The minimum absolute atomic E-state index is 0.317. The van der Waals surface area contributed by atoms with Gasteiger partial charge in [0.2, 0.25) is 0 Å². The number of likely N-dealkylation sites (N-methyl/N-ethyl adjacent to an activating group) is 1. The van der Waals surface area contributed by atoms with Crippen molar-refractivity contribution < 1.29 is 14.2 Å². The van der Waals surface area contributed by atoms with Crippen LogP contribution in [0.15, 0.2) is 36.0 Å². The van der Waals surface area contributed by atoms with Gasteiger partial charge in [-0.05, 0) is 163 Å². The summed E-state index contributed by atoms with van der Waals surface area (Å²) in [5, 5.41) is 0. The zero-order chi connectivity index (χ0) is 41.6. The number of rotatable bonds is 31. The number of hydrogen-bond donors (Lipinski definition) is 0. The zero-order valence-electron chi connectivity index (χ0n) is 39.9. The Balaban J connectivity index is 1.01. The van der Waals surface area contributed by atoms with Crippen molar-refractivity contribution in [3.63, 3.8) is 0 Å². The van der Waals surface area contributed by atoms with Crippen LogP contribution in [0.3, 0.4) is 0 Å². The second-order valence-electron chi connectivity index (χ2n) is 21.1. The maximum absolute atomic E-state index is 6.57. The van der Waals surface area contributed by atoms with Crippen molar-refractivity contribution in [2.75, 3.05) is 47.1 Å². The predicted molar refractivity (Wildman–Crippen MR) is 250 cm³/mol. The van der Waals surface area contributed by atoms with E-state index in [1.165, 1.54) is 141 Å². The monoisotopic (exact) mass is 808 g/mol. The third kappa shape index (κ3) is 15.8. The minimum Gasteiger partial charge on any atom is -0.380 e. The molecule has 0 heterocycles. The standard InChI is InChI=1S/C54H97NO3/c1-9-10-11-12-13-14-15-16-17-18-19-20-21-22-23-24-38-56-42-47(55(7)8)43-57-39-25-26-40-58-48-34-36-53(5)46(41-48)30-31-49-51-33-32-50(45(4)29-27-28-44(2)3)54(51,6)37-35-52(49)53/h13-14,16-17,30,44-45,47-52H,9-12,15,18-29,31-43H2,1-8H3. The Hall–Kier alpha value is -0.940. The van der Waals surface area contributed by atoms with Gasteiger partial charge in [-0.3, -0.25) is 0 Å². The van der Waals surface area contributed by atoms with Gasteiger partial charge in [0.05, 0.1) is 25.4 Å². The average Bonchev–Trinajstić information content (AvgIpc) is 3.56. The maximum atomic E-state index is 6.57. The summed E-state index contributed by atoms with van der Waals surface area (Å²) >= 11 is 0. The third-order valence-corrected chi connectivity index (χ3v) is 16.1. The number of nitrogens with zero attached hydrogens (tertiary/aromatic N) is 1. The Kier molecular flexibility index (Phi) is 23.3. The molecular formula is C54H97NO3. The first-order valence-corrected chi connectivity index (χ1v) is 25.5. The van der Waals surface area contributed by atoms with Gasteiger partial charge in [-0.2, -0.15) is 0 Å². The summed E-state index contributed by atoms with van der Waals surface area (Å²) in [4.78, 5) is 2.26. The van der Waals surface area contributed by atoms with Gasteiger partial charge in [0.15, 0.2) is 0 Å². The molecule has 3 saturated carbocycles. The van der Waals surface area contributed by atoms with Gasteiger partial charge < -0.3 is 19.1 Å². The van der Waals surface area contributed by atoms with Gasteiger partial charge in [0.1, 0.15) is 0 Å². The summed E-state index contributed by atoms with van der Waals surface area (Å²) in [6, 6.07) is 0.317. The van der Waals surface area contributed by atoms with Gasteiger partial charge in [-0.15, -0.1) is 0 Å². The fraction of sp³-hybridized carbons (Fsp3) is 0.889. The molecule has 0 amide bonds. The molecule has 0 aromatic rings. The highest BCUT2D eigenvalue weighted by atomic mass is 16.5. The normalized spacial score (nSPS) is 29.6. The molecule has 0 N–H and O–H groups in total. The molecule has 9 unspecified atom stereocenters. The van der Waals surface area contributed by atoms with Crippen LogP contribution in [-0.4, -0.2) is 64.2 Å². The smallest absolute Gasteiger partial charge is 0.0644 e. The molecule has 0 aromatic heterocycles. The van der Waals surface area contributed by atoms with Crippen LogP contribution < -0.4 is 0 Å². The van der Waals surface area contributed by atoms with E-state index in [9.17, 15) is 0 Å². The highest BCUT2D eigenvalue weighted by Gasteiger charge is 2.59. The first-order valence-electron chi connectivity index (χ1n) is 25.5. The van der Waals surface area contributed by atoms with Crippen LogP contribution in [0, 0.1) is 46.3 Å². The van der Waals surface area contributed by atoms with E-state index in [4.69, 9.17) is 14.2 Å². The molecule has 58 heavy (non-hydrogen) atoms. The Morgan fingerprint density at radius 3 is 2.05 bits per heavy atom. The molecule has 4 heteroatoms. The van der Waals surface area contributed by atoms with Crippen molar-refractivity contribution in [2.24, 2.45) is 46.3 Å². The molecule has 4 aliphatic carbocycles. The van der Waals surface area contributed by atoms with Gasteiger partial charge in [-0.1, -0.05) is 135 Å². The van der Waals surface area contributed by atoms with E-state index in [-0.39, 0.29) is 0 Å². The van der Waals surface area contributed by atoms with Crippen LogP contribution in [0.5, 0.6) is 0 Å². The molecule has 0 bridgehead atoms. The van der Waals surface area contributed by atoms with E-state index in [0.717, 1.165) is 87.8 Å². The molecule has 4 nitrogen and oxygen atoms in total. The van der Waals surface area contributed by atoms with Crippen LogP contribution in [0.25, 0.3) is 0 Å². The van der Waals surface area contributed by atoms with Gasteiger partial charge in [-0.25, -0.2) is 0 Å². The van der Waals surface area contributed by atoms with E-state index in [1.54, 1.807) is 5.57 Å². The summed E-state index contributed by atoms with van der Waals surface area (Å²) in [7, 11) is 4.30. The SMILES string of the molecule is CCCCCC=CCC=CCCCCCCCCOCC(COCCCCOC1CCC2(C)C(=CCC3C2CCC2(C)C(C(C)CCCC(C)C)CCC32)C1)N(C)C. The molecule has 4 aliphatic rings. The molecule has 0 aliphatic heterocycles. The quantitative estimate of drug-likeness (QED) is 0.0516. The molecule has 336 valence electrons. The van der Waals surface area contributed by atoms with E-state index in [1.807, 2.05) is 0 Å². The number of allylic oxidation sites excluding steroid dienone is 5. The van der Waals surface area contributed by atoms with E-state index in [0.29, 0.717) is 23.0 Å². The second-order valence-corrected chi connectivity index (χ2v) is 21.1. The average molecular weight is 808 g/mol. The van der Waals surface area contributed by atoms with Crippen LogP contribution in [0.1, 0.15) is 202 Å². The van der Waals surface area contributed by atoms with E-state index < -0.39 is 0 Å². The molecule has 0 spiro atoms. The molecular weight excluding hydrogens is 711 g/mol. The lowest BCUT2D eigenvalue weighted by molar-refractivity contribution is -0.0643. The summed E-state index contributed by atoms with van der Waals surface area (Å²) in [5.74, 6) is 5.44. The van der Waals surface area contributed by atoms with Gasteiger partial charge in [0.25, 0.3) is 0 Å². The summed E-state index contributed by atoms with van der Waals surface area (Å²) in [6.45, 7) is 19.1. The fourth-order valence-corrected chi connectivity index (χ4v) is 12.3. The summed E-state index contributed by atoms with van der Waals surface area (Å²) in [5.41, 5.74) is 2.75. The number of unbranched alkanes of at least 4 members (excludes halogenated alkanes) is 10. The van der Waals surface area contributed by atoms with Gasteiger partial charge in [0, 0.05) is 19.8 Å². The van der Waals surface area contributed by atoms with Crippen LogP contribution in [0.4, 0.5) is 0 Å². The zero-order valence-corrected chi connectivity index (χ0v) is 39.9. The maximum Gasteiger partial charge on any atom is 0.0644 e. The lowest BCUT2D eigenvalue weighted by atomic mass is 9.47. The number of hydrogen-bond acceptors (Lipinski definition) is 4.